The van der Waals surface area contributed by atoms with Crippen LogP contribution in [-0.4, -0.2) is 31.5 Å². The minimum absolute atomic E-state index is 0.127. The number of nitrogens with zero attached hydrogens (tertiary/aromatic N) is 4. The summed E-state index contributed by atoms with van der Waals surface area (Å²) in [6.45, 7) is 1.62. The third-order valence-corrected chi connectivity index (χ3v) is 2.73. The molecule has 1 atom stereocenters. The molecular weight excluding hydrogens is 288 g/mol. The number of rotatable bonds is 4. The first-order valence-corrected chi connectivity index (χ1v) is 5.85. The number of aromatic nitrogens is 4. The Morgan fingerprint density at radius 1 is 1.55 bits per heavy atom. The SMILES string of the molecule is CC(NC(=O)c1cc(Cl)ccc1[N+](=O)[O-])c1nn[nH]n1. The molecule has 1 aromatic heterocycles. The maximum Gasteiger partial charge on any atom is 0.282 e. The van der Waals surface area contributed by atoms with E-state index in [-0.39, 0.29) is 22.1 Å². The molecule has 1 unspecified atom stereocenters. The predicted molar refractivity (Wildman–Crippen MR) is 68.2 cm³/mol. The number of aromatic amines is 1. The Hall–Kier alpha value is -2.55. The molecule has 0 bridgehead atoms. The zero-order chi connectivity index (χ0) is 14.7. The van der Waals surface area contributed by atoms with Crippen molar-refractivity contribution in [3.8, 4) is 0 Å². The highest BCUT2D eigenvalue weighted by molar-refractivity contribution is 6.31. The first-order valence-electron chi connectivity index (χ1n) is 5.47. The summed E-state index contributed by atoms with van der Waals surface area (Å²) in [7, 11) is 0. The number of hydrogen-bond donors (Lipinski definition) is 2. The number of benzene rings is 1. The van der Waals surface area contributed by atoms with Crippen LogP contribution in [0.5, 0.6) is 0 Å². The molecule has 1 heterocycles. The van der Waals surface area contributed by atoms with Gasteiger partial charge in [-0.05, 0) is 19.1 Å². The van der Waals surface area contributed by atoms with E-state index in [0.29, 0.717) is 0 Å². The standard InChI is InChI=1S/C10H9ClN6O3/c1-5(9-13-15-16-14-9)12-10(18)7-4-6(11)2-3-8(7)17(19)20/h2-5H,1H3,(H,12,18)(H,13,14,15,16). The summed E-state index contributed by atoms with van der Waals surface area (Å²) >= 11 is 5.76. The summed E-state index contributed by atoms with van der Waals surface area (Å²) in [5.74, 6) is -0.375. The number of H-pyrrole nitrogens is 1. The molecule has 10 heteroatoms. The van der Waals surface area contributed by atoms with E-state index in [2.05, 4.69) is 25.9 Å². The number of nitrogens with one attached hydrogen (secondary N) is 2. The van der Waals surface area contributed by atoms with Crippen LogP contribution < -0.4 is 5.32 Å². The van der Waals surface area contributed by atoms with E-state index in [4.69, 9.17) is 11.6 Å². The highest BCUT2D eigenvalue weighted by atomic mass is 35.5. The van der Waals surface area contributed by atoms with Crippen LogP contribution in [0.4, 0.5) is 5.69 Å². The molecule has 0 saturated carbocycles. The number of tetrazole rings is 1. The second kappa shape index (κ2) is 5.61. The highest BCUT2D eigenvalue weighted by Crippen LogP contribution is 2.23. The van der Waals surface area contributed by atoms with Gasteiger partial charge in [-0.2, -0.15) is 5.21 Å². The molecule has 20 heavy (non-hydrogen) atoms. The Labute approximate surface area is 117 Å². The van der Waals surface area contributed by atoms with Gasteiger partial charge in [-0.3, -0.25) is 14.9 Å². The molecule has 0 aliphatic carbocycles. The van der Waals surface area contributed by atoms with E-state index in [1.165, 1.54) is 18.2 Å². The Balaban J connectivity index is 2.25. The van der Waals surface area contributed by atoms with Gasteiger partial charge in [-0.25, -0.2) is 0 Å². The maximum absolute atomic E-state index is 12.1. The quantitative estimate of drug-likeness (QED) is 0.645. The lowest BCUT2D eigenvalue weighted by Crippen LogP contribution is -2.28. The molecule has 2 N–H and O–H groups in total. The third-order valence-electron chi connectivity index (χ3n) is 2.50. The third kappa shape index (κ3) is 2.88. The van der Waals surface area contributed by atoms with Crippen LogP contribution in [0.3, 0.4) is 0 Å². The topological polar surface area (TPSA) is 127 Å². The Morgan fingerprint density at radius 2 is 2.30 bits per heavy atom. The lowest BCUT2D eigenvalue weighted by atomic mass is 10.1. The molecule has 2 aromatic rings. The fourth-order valence-electron chi connectivity index (χ4n) is 1.54. The van der Waals surface area contributed by atoms with Gasteiger partial charge in [0.2, 0.25) is 0 Å². The summed E-state index contributed by atoms with van der Waals surface area (Å²) in [5.41, 5.74) is -0.454. The van der Waals surface area contributed by atoms with Gasteiger partial charge in [0.15, 0.2) is 5.82 Å². The first kappa shape index (κ1) is 13.9. The first-order chi connectivity index (χ1) is 9.49. The van der Waals surface area contributed by atoms with E-state index in [0.717, 1.165) is 0 Å². The van der Waals surface area contributed by atoms with Crippen LogP contribution >= 0.6 is 11.6 Å². The summed E-state index contributed by atoms with van der Waals surface area (Å²) in [5, 5.41) is 26.7. The summed E-state index contributed by atoms with van der Waals surface area (Å²) in [6.07, 6.45) is 0. The van der Waals surface area contributed by atoms with E-state index >= 15 is 0 Å². The van der Waals surface area contributed by atoms with Crippen LogP contribution in [0.15, 0.2) is 18.2 Å². The molecule has 0 radical (unpaired) electrons. The van der Waals surface area contributed by atoms with Crippen LogP contribution in [0.1, 0.15) is 29.1 Å². The van der Waals surface area contributed by atoms with Crippen molar-refractivity contribution in [2.45, 2.75) is 13.0 Å². The van der Waals surface area contributed by atoms with Crippen molar-refractivity contribution in [1.29, 1.82) is 0 Å². The van der Waals surface area contributed by atoms with E-state index in [9.17, 15) is 14.9 Å². The average Bonchev–Trinajstić information content (AvgIpc) is 2.92. The highest BCUT2D eigenvalue weighted by Gasteiger charge is 2.23. The summed E-state index contributed by atoms with van der Waals surface area (Å²) in [6, 6.07) is 3.20. The number of nitro benzene ring substituents is 1. The van der Waals surface area contributed by atoms with Crippen molar-refractivity contribution in [2.24, 2.45) is 0 Å². The molecule has 1 aromatic carbocycles. The zero-order valence-electron chi connectivity index (χ0n) is 10.2. The van der Waals surface area contributed by atoms with Crippen molar-refractivity contribution < 1.29 is 9.72 Å². The molecule has 0 saturated heterocycles. The fourth-order valence-corrected chi connectivity index (χ4v) is 1.71. The smallest absolute Gasteiger partial charge is 0.282 e. The van der Waals surface area contributed by atoms with Gasteiger partial charge in [0.25, 0.3) is 11.6 Å². The van der Waals surface area contributed by atoms with Gasteiger partial charge in [-0.15, -0.1) is 10.2 Å². The maximum atomic E-state index is 12.1. The second-order valence-electron chi connectivity index (χ2n) is 3.88. The van der Waals surface area contributed by atoms with Gasteiger partial charge >= 0.3 is 0 Å². The molecule has 104 valence electrons. The summed E-state index contributed by atoms with van der Waals surface area (Å²) < 4.78 is 0. The molecular formula is C10H9ClN6O3. The lowest BCUT2D eigenvalue weighted by molar-refractivity contribution is -0.385. The molecule has 0 fully saturated rings. The lowest BCUT2D eigenvalue weighted by Gasteiger charge is -2.10. The molecule has 0 aliphatic rings. The monoisotopic (exact) mass is 296 g/mol. The number of carbonyl (C=O) groups is 1. The number of nitro groups is 1. The average molecular weight is 297 g/mol. The zero-order valence-corrected chi connectivity index (χ0v) is 11.0. The Kier molecular flexibility index (Phi) is 3.89. The Bertz CT molecular complexity index is 644. The normalized spacial score (nSPS) is 11.9. The molecule has 0 aliphatic heterocycles. The van der Waals surface area contributed by atoms with Crippen LogP contribution in [0.25, 0.3) is 0 Å². The van der Waals surface area contributed by atoms with E-state index in [1.54, 1.807) is 6.92 Å². The molecule has 0 spiro atoms. The van der Waals surface area contributed by atoms with Crippen molar-refractivity contribution >= 4 is 23.2 Å². The van der Waals surface area contributed by atoms with Gasteiger partial charge in [0.1, 0.15) is 5.56 Å². The van der Waals surface area contributed by atoms with Crippen molar-refractivity contribution in [2.75, 3.05) is 0 Å². The number of amides is 1. The number of hydrogen-bond acceptors (Lipinski definition) is 6. The largest absolute Gasteiger partial charge is 0.342 e. The summed E-state index contributed by atoms with van der Waals surface area (Å²) in [4.78, 5) is 22.3. The van der Waals surface area contributed by atoms with Gasteiger partial charge in [-0.1, -0.05) is 16.8 Å². The van der Waals surface area contributed by atoms with Crippen molar-refractivity contribution in [1.82, 2.24) is 25.9 Å². The van der Waals surface area contributed by atoms with Crippen molar-refractivity contribution in [3.63, 3.8) is 0 Å². The van der Waals surface area contributed by atoms with E-state index < -0.39 is 16.9 Å². The van der Waals surface area contributed by atoms with Crippen LogP contribution in [-0.2, 0) is 0 Å². The predicted octanol–water partition coefficient (Wildman–Crippen LogP) is 1.25. The second-order valence-corrected chi connectivity index (χ2v) is 4.32. The number of carbonyl (C=O) groups excluding carboxylic acids is 1. The number of halogens is 1. The Morgan fingerprint density at radius 3 is 2.90 bits per heavy atom. The van der Waals surface area contributed by atoms with Gasteiger partial charge in [0.05, 0.1) is 11.0 Å². The van der Waals surface area contributed by atoms with Gasteiger partial charge < -0.3 is 5.32 Å². The fraction of sp³-hybridized carbons (Fsp3) is 0.200. The van der Waals surface area contributed by atoms with Crippen LogP contribution in [0.2, 0.25) is 5.02 Å². The van der Waals surface area contributed by atoms with Crippen molar-refractivity contribution in [3.05, 3.63) is 44.7 Å². The molecule has 2 rings (SSSR count). The molecule has 1 amide bonds. The van der Waals surface area contributed by atoms with Gasteiger partial charge in [0, 0.05) is 11.1 Å². The van der Waals surface area contributed by atoms with E-state index in [1.807, 2.05) is 0 Å². The minimum atomic E-state index is -0.649. The van der Waals surface area contributed by atoms with Crippen LogP contribution in [0, 0.1) is 10.1 Å². The minimum Gasteiger partial charge on any atom is -0.342 e. The molecule has 9 nitrogen and oxygen atoms in total.